The summed E-state index contributed by atoms with van der Waals surface area (Å²) in [6.45, 7) is 2.50. The molecule has 1 atom stereocenters. The lowest BCUT2D eigenvalue weighted by Gasteiger charge is -2.26. The predicted octanol–water partition coefficient (Wildman–Crippen LogP) is 1.02. The van der Waals surface area contributed by atoms with E-state index in [1.807, 2.05) is 6.92 Å². The molecule has 0 aromatic heterocycles. The second kappa shape index (κ2) is 6.31. The lowest BCUT2D eigenvalue weighted by atomic mass is 10.2. The molecule has 7 nitrogen and oxygen atoms in total. The van der Waals surface area contributed by atoms with Gasteiger partial charge in [0, 0.05) is 6.54 Å². The monoisotopic (exact) mass is 314 g/mol. The highest BCUT2D eigenvalue weighted by Crippen LogP contribution is 2.31. The van der Waals surface area contributed by atoms with Crippen LogP contribution in [0.2, 0.25) is 0 Å². The molecule has 0 spiro atoms. The Hall–Kier alpha value is -1.80. The van der Waals surface area contributed by atoms with Crippen LogP contribution in [-0.2, 0) is 14.8 Å². The van der Waals surface area contributed by atoms with Crippen LogP contribution in [-0.4, -0.2) is 38.7 Å². The number of carboxylic acids is 1. The largest absolute Gasteiger partial charge is 0.486 e. The third kappa shape index (κ3) is 3.85. The van der Waals surface area contributed by atoms with Crippen molar-refractivity contribution in [3.63, 3.8) is 0 Å². The number of benzene rings is 1. The third-order valence-corrected chi connectivity index (χ3v) is 4.62. The second-order valence-electron chi connectivity index (χ2n) is 4.73. The van der Waals surface area contributed by atoms with Gasteiger partial charge in [-0.2, -0.15) is 0 Å². The van der Waals surface area contributed by atoms with Crippen LogP contribution in [0.5, 0.6) is 5.75 Å². The van der Waals surface area contributed by atoms with Gasteiger partial charge in [-0.25, -0.2) is 13.1 Å². The summed E-state index contributed by atoms with van der Waals surface area (Å²) < 4.78 is 32.1. The number of aliphatic carboxylic acids is 1. The number of sulfonamides is 1. The Labute approximate surface area is 123 Å². The van der Waals surface area contributed by atoms with Crippen molar-refractivity contribution in [2.24, 2.45) is 0 Å². The first-order valence-corrected chi connectivity index (χ1v) is 8.16. The van der Waals surface area contributed by atoms with E-state index < -0.39 is 16.0 Å². The van der Waals surface area contributed by atoms with Crippen molar-refractivity contribution in [2.75, 3.05) is 18.4 Å². The summed E-state index contributed by atoms with van der Waals surface area (Å²) in [4.78, 5) is 10.5. The normalized spacial score (nSPS) is 17.5. The minimum Gasteiger partial charge on any atom is -0.486 e. The van der Waals surface area contributed by atoms with Crippen molar-refractivity contribution in [2.45, 2.75) is 30.8 Å². The molecular formula is C13H18N2O5S. The van der Waals surface area contributed by atoms with Crippen LogP contribution >= 0.6 is 0 Å². The zero-order valence-corrected chi connectivity index (χ0v) is 12.4. The molecule has 0 aliphatic carbocycles. The minimum absolute atomic E-state index is 0.0775. The van der Waals surface area contributed by atoms with Gasteiger partial charge in [0.2, 0.25) is 10.0 Å². The van der Waals surface area contributed by atoms with Crippen LogP contribution in [0.3, 0.4) is 0 Å². The van der Waals surface area contributed by atoms with E-state index in [2.05, 4.69) is 10.0 Å². The number of hydrogen-bond acceptors (Lipinski definition) is 5. The lowest BCUT2D eigenvalue weighted by molar-refractivity contribution is -0.136. The van der Waals surface area contributed by atoms with Gasteiger partial charge in [-0.3, -0.25) is 4.79 Å². The van der Waals surface area contributed by atoms with E-state index in [0.29, 0.717) is 18.0 Å². The van der Waals surface area contributed by atoms with Gasteiger partial charge in [0.25, 0.3) is 0 Å². The summed E-state index contributed by atoms with van der Waals surface area (Å²) in [6, 6.07) is 4.54. The van der Waals surface area contributed by atoms with Gasteiger partial charge in [0.15, 0.2) is 0 Å². The van der Waals surface area contributed by atoms with Gasteiger partial charge in [-0.15, -0.1) is 0 Å². The third-order valence-electron chi connectivity index (χ3n) is 3.16. The van der Waals surface area contributed by atoms with Crippen molar-refractivity contribution in [3.05, 3.63) is 18.2 Å². The van der Waals surface area contributed by atoms with Gasteiger partial charge in [0.05, 0.1) is 23.5 Å². The zero-order chi connectivity index (χ0) is 15.5. The number of rotatable bonds is 6. The second-order valence-corrected chi connectivity index (χ2v) is 6.50. The lowest BCUT2D eigenvalue weighted by Crippen LogP contribution is -2.30. The SMILES string of the molecule is CCC1CNc2cc(S(=O)(=O)NCCC(=O)O)ccc2O1. The molecule has 1 aliphatic rings. The van der Waals surface area contributed by atoms with Crippen molar-refractivity contribution < 1.29 is 23.1 Å². The quantitative estimate of drug-likeness (QED) is 0.724. The molecule has 0 saturated carbocycles. The van der Waals surface area contributed by atoms with Crippen LogP contribution in [0.15, 0.2) is 23.1 Å². The standard InChI is InChI=1S/C13H18N2O5S/c1-2-9-8-14-11-7-10(3-4-12(11)20-9)21(18,19)15-6-5-13(16)17/h3-4,7,9,14-15H,2,5-6,8H2,1H3,(H,16,17). The average Bonchev–Trinajstić information content (AvgIpc) is 2.45. The number of carboxylic acid groups (broad SMARTS) is 1. The van der Waals surface area contributed by atoms with Gasteiger partial charge in [0.1, 0.15) is 11.9 Å². The first-order valence-electron chi connectivity index (χ1n) is 6.68. The highest BCUT2D eigenvalue weighted by molar-refractivity contribution is 7.89. The number of hydrogen-bond donors (Lipinski definition) is 3. The van der Waals surface area contributed by atoms with Crippen molar-refractivity contribution in [3.8, 4) is 5.75 Å². The molecule has 1 aromatic carbocycles. The molecule has 0 fully saturated rings. The van der Waals surface area contributed by atoms with E-state index in [1.165, 1.54) is 12.1 Å². The van der Waals surface area contributed by atoms with Crippen molar-refractivity contribution >= 4 is 21.7 Å². The highest BCUT2D eigenvalue weighted by atomic mass is 32.2. The van der Waals surface area contributed by atoms with Crippen LogP contribution in [0, 0.1) is 0 Å². The predicted molar refractivity (Wildman–Crippen MR) is 77.1 cm³/mol. The molecule has 0 bridgehead atoms. The minimum atomic E-state index is -3.72. The van der Waals surface area contributed by atoms with Gasteiger partial charge < -0.3 is 15.2 Å². The van der Waals surface area contributed by atoms with E-state index in [0.717, 1.165) is 6.42 Å². The molecular weight excluding hydrogens is 296 g/mol. The molecule has 1 aliphatic heterocycles. The van der Waals surface area contributed by atoms with Gasteiger partial charge in [-0.1, -0.05) is 6.92 Å². The highest BCUT2D eigenvalue weighted by Gasteiger charge is 2.21. The number of ether oxygens (including phenoxy) is 1. The molecule has 1 aromatic rings. The molecule has 0 saturated heterocycles. The summed E-state index contributed by atoms with van der Waals surface area (Å²) in [5.74, 6) is -0.429. The Morgan fingerprint density at radius 3 is 2.95 bits per heavy atom. The maximum Gasteiger partial charge on any atom is 0.304 e. The summed E-state index contributed by atoms with van der Waals surface area (Å²) in [5, 5.41) is 11.7. The molecule has 21 heavy (non-hydrogen) atoms. The summed E-state index contributed by atoms with van der Waals surface area (Å²) in [6.07, 6.45) is 0.682. The van der Waals surface area contributed by atoms with Gasteiger partial charge >= 0.3 is 5.97 Å². The van der Waals surface area contributed by atoms with E-state index in [4.69, 9.17) is 9.84 Å². The smallest absolute Gasteiger partial charge is 0.304 e. The van der Waals surface area contributed by atoms with E-state index in [9.17, 15) is 13.2 Å². The maximum absolute atomic E-state index is 12.0. The molecule has 1 unspecified atom stereocenters. The van der Waals surface area contributed by atoms with Crippen molar-refractivity contribution in [1.82, 2.24) is 4.72 Å². The molecule has 1 heterocycles. The van der Waals surface area contributed by atoms with E-state index in [1.54, 1.807) is 6.07 Å². The van der Waals surface area contributed by atoms with E-state index >= 15 is 0 Å². The topological polar surface area (TPSA) is 105 Å². The van der Waals surface area contributed by atoms with Gasteiger partial charge in [-0.05, 0) is 24.6 Å². The molecule has 0 amide bonds. The van der Waals surface area contributed by atoms with Crippen LogP contribution in [0.4, 0.5) is 5.69 Å². The molecule has 8 heteroatoms. The number of anilines is 1. The number of nitrogens with one attached hydrogen (secondary N) is 2. The molecule has 2 rings (SSSR count). The Bertz CT molecular complexity index is 629. The number of fused-ring (bicyclic) bond motifs is 1. The molecule has 3 N–H and O–H groups in total. The van der Waals surface area contributed by atoms with Crippen molar-refractivity contribution in [1.29, 1.82) is 0 Å². The average molecular weight is 314 g/mol. The Morgan fingerprint density at radius 2 is 2.29 bits per heavy atom. The first kappa shape index (κ1) is 15.6. The molecule has 0 radical (unpaired) electrons. The Morgan fingerprint density at radius 1 is 1.52 bits per heavy atom. The van der Waals surface area contributed by atoms with Crippen LogP contribution in [0.25, 0.3) is 0 Å². The summed E-state index contributed by atoms with van der Waals surface area (Å²) in [7, 11) is -3.72. The Balaban J connectivity index is 2.12. The zero-order valence-electron chi connectivity index (χ0n) is 11.6. The van der Waals surface area contributed by atoms with E-state index in [-0.39, 0.29) is 24.0 Å². The van der Waals surface area contributed by atoms with Crippen LogP contribution in [0.1, 0.15) is 19.8 Å². The summed E-state index contributed by atoms with van der Waals surface area (Å²) >= 11 is 0. The number of carbonyl (C=O) groups is 1. The molecule has 116 valence electrons. The fourth-order valence-electron chi connectivity index (χ4n) is 1.97. The maximum atomic E-state index is 12.0. The summed E-state index contributed by atoms with van der Waals surface area (Å²) in [5.41, 5.74) is 0.626. The first-order chi connectivity index (χ1) is 9.92. The Kier molecular flexibility index (Phi) is 4.69. The fourth-order valence-corrected chi connectivity index (χ4v) is 3.02. The fraction of sp³-hybridized carbons (Fsp3) is 0.462. The van der Waals surface area contributed by atoms with Crippen LogP contribution < -0.4 is 14.8 Å².